The smallest absolute Gasteiger partial charge is 0.408 e. The van der Waals surface area contributed by atoms with Gasteiger partial charge in [-0.05, 0) is 31.0 Å². The fourth-order valence-electron chi connectivity index (χ4n) is 2.61. The number of methoxy groups -OCH3 is 1. The molecule has 0 unspecified atom stereocenters. The van der Waals surface area contributed by atoms with E-state index in [9.17, 15) is 14.4 Å². The molecule has 0 aliphatic carbocycles. The standard InChI is InChI=1S/C21H23NO5/c1-14-9-10-15(2)17(11-14)19(23)13-27-21(25)22-18(20(24)26-3)12-16-7-5-4-6-8-16/h4-11,18H,12-13H2,1-3H3,(H,22,25)/t18-/m0/s1. The first-order valence-electron chi connectivity index (χ1n) is 8.56. The van der Waals surface area contributed by atoms with E-state index >= 15 is 0 Å². The lowest BCUT2D eigenvalue weighted by Crippen LogP contribution is -2.43. The molecule has 2 rings (SSSR count). The zero-order valence-electron chi connectivity index (χ0n) is 15.7. The third-order valence-corrected chi connectivity index (χ3v) is 4.09. The number of carbonyl (C=O) groups excluding carboxylic acids is 3. The number of hydrogen-bond acceptors (Lipinski definition) is 5. The van der Waals surface area contributed by atoms with Gasteiger partial charge in [0.2, 0.25) is 5.78 Å². The third-order valence-electron chi connectivity index (χ3n) is 4.09. The zero-order valence-corrected chi connectivity index (χ0v) is 15.7. The molecule has 0 radical (unpaired) electrons. The van der Waals surface area contributed by atoms with E-state index in [4.69, 9.17) is 9.47 Å². The van der Waals surface area contributed by atoms with Crippen LogP contribution >= 0.6 is 0 Å². The Bertz CT molecular complexity index is 817. The van der Waals surface area contributed by atoms with Gasteiger partial charge in [-0.2, -0.15) is 0 Å². The van der Waals surface area contributed by atoms with Crippen molar-refractivity contribution in [3.8, 4) is 0 Å². The summed E-state index contributed by atoms with van der Waals surface area (Å²) < 4.78 is 9.74. The van der Waals surface area contributed by atoms with Gasteiger partial charge in [0.1, 0.15) is 6.04 Å². The van der Waals surface area contributed by atoms with E-state index in [-0.39, 0.29) is 12.2 Å². The maximum absolute atomic E-state index is 12.3. The van der Waals surface area contributed by atoms with Crippen molar-refractivity contribution in [2.24, 2.45) is 0 Å². The SMILES string of the molecule is COC(=O)[C@H](Cc1ccccc1)NC(=O)OCC(=O)c1cc(C)ccc1C. The third kappa shape index (κ3) is 5.95. The highest BCUT2D eigenvalue weighted by Crippen LogP contribution is 2.12. The van der Waals surface area contributed by atoms with Crippen molar-refractivity contribution in [1.29, 1.82) is 0 Å². The highest BCUT2D eigenvalue weighted by molar-refractivity contribution is 5.99. The van der Waals surface area contributed by atoms with Crippen LogP contribution in [0.4, 0.5) is 4.79 Å². The van der Waals surface area contributed by atoms with E-state index in [0.717, 1.165) is 16.7 Å². The average Bonchev–Trinajstić information content (AvgIpc) is 2.67. The maximum Gasteiger partial charge on any atom is 0.408 e. The minimum atomic E-state index is -0.902. The van der Waals surface area contributed by atoms with Gasteiger partial charge >= 0.3 is 12.1 Å². The summed E-state index contributed by atoms with van der Waals surface area (Å²) in [4.78, 5) is 36.3. The molecule has 0 aromatic heterocycles. The predicted molar refractivity (Wildman–Crippen MR) is 101 cm³/mol. The van der Waals surface area contributed by atoms with E-state index in [0.29, 0.717) is 5.56 Å². The molecule has 0 aliphatic rings. The zero-order chi connectivity index (χ0) is 19.8. The largest absolute Gasteiger partial charge is 0.467 e. The number of ether oxygens (including phenoxy) is 2. The van der Waals surface area contributed by atoms with Crippen LogP contribution in [0.2, 0.25) is 0 Å². The van der Waals surface area contributed by atoms with Crippen molar-refractivity contribution in [3.63, 3.8) is 0 Å². The Morgan fingerprint density at radius 2 is 1.74 bits per heavy atom. The van der Waals surface area contributed by atoms with Gasteiger partial charge in [-0.1, -0.05) is 48.0 Å². The van der Waals surface area contributed by atoms with Crippen LogP contribution in [0.5, 0.6) is 0 Å². The van der Waals surface area contributed by atoms with Crippen molar-refractivity contribution in [2.75, 3.05) is 13.7 Å². The van der Waals surface area contributed by atoms with Crippen molar-refractivity contribution in [2.45, 2.75) is 26.3 Å². The first kappa shape index (κ1) is 20.2. The summed E-state index contributed by atoms with van der Waals surface area (Å²) in [6, 6.07) is 13.8. The van der Waals surface area contributed by atoms with Crippen LogP contribution < -0.4 is 5.32 Å². The number of carbonyl (C=O) groups is 3. The van der Waals surface area contributed by atoms with Gasteiger partial charge in [-0.3, -0.25) is 4.79 Å². The molecule has 0 heterocycles. The number of amides is 1. The summed E-state index contributed by atoms with van der Waals surface area (Å²) >= 11 is 0. The van der Waals surface area contributed by atoms with Crippen LogP contribution in [0, 0.1) is 13.8 Å². The second kappa shape index (κ2) is 9.52. The lowest BCUT2D eigenvalue weighted by molar-refractivity contribution is -0.142. The molecule has 1 amide bonds. The maximum atomic E-state index is 12.3. The Morgan fingerprint density at radius 1 is 1.04 bits per heavy atom. The molecular formula is C21H23NO5. The number of benzene rings is 2. The summed E-state index contributed by atoms with van der Waals surface area (Å²) in [5, 5.41) is 2.46. The molecule has 0 spiro atoms. The fourth-order valence-corrected chi connectivity index (χ4v) is 2.61. The molecule has 0 aliphatic heterocycles. The molecule has 6 nitrogen and oxygen atoms in total. The van der Waals surface area contributed by atoms with Crippen LogP contribution in [0.1, 0.15) is 27.0 Å². The summed E-state index contributed by atoms with van der Waals surface area (Å²) in [5.41, 5.74) is 3.13. The second-order valence-electron chi connectivity index (χ2n) is 6.23. The number of alkyl carbamates (subject to hydrolysis) is 1. The molecule has 142 valence electrons. The van der Waals surface area contributed by atoms with Crippen molar-refractivity contribution in [3.05, 3.63) is 70.8 Å². The quantitative estimate of drug-likeness (QED) is 0.599. The van der Waals surface area contributed by atoms with Gasteiger partial charge in [-0.25, -0.2) is 9.59 Å². The Labute approximate surface area is 158 Å². The Morgan fingerprint density at radius 3 is 2.41 bits per heavy atom. The number of hydrogen-bond donors (Lipinski definition) is 1. The molecule has 27 heavy (non-hydrogen) atoms. The summed E-state index contributed by atoms with van der Waals surface area (Å²) in [7, 11) is 1.25. The second-order valence-corrected chi connectivity index (χ2v) is 6.23. The predicted octanol–water partition coefficient (Wildman–Crippen LogP) is 3.00. The van der Waals surface area contributed by atoms with Crippen molar-refractivity contribution < 1.29 is 23.9 Å². The van der Waals surface area contributed by atoms with Gasteiger partial charge in [0.25, 0.3) is 0 Å². The van der Waals surface area contributed by atoms with Crippen LogP contribution in [-0.2, 0) is 20.7 Å². The summed E-state index contributed by atoms with van der Waals surface area (Å²) in [5.74, 6) is -0.888. The Kier molecular flexibility index (Phi) is 7.11. The number of ketones is 1. The molecule has 2 aromatic rings. The molecule has 2 aromatic carbocycles. The highest BCUT2D eigenvalue weighted by atomic mass is 16.6. The summed E-state index contributed by atoms with van der Waals surface area (Å²) in [6.07, 6.45) is -0.590. The van der Waals surface area contributed by atoms with Gasteiger partial charge in [0.05, 0.1) is 7.11 Å². The lowest BCUT2D eigenvalue weighted by Gasteiger charge is -2.16. The molecule has 0 bridgehead atoms. The number of nitrogens with one attached hydrogen (secondary N) is 1. The Hall–Kier alpha value is -3.15. The van der Waals surface area contributed by atoms with E-state index in [1.165, 1.54) is 7.11 Å². The van der Waals surface area contributed by atoms with E-state index in [2.05, 4.69) is 5.32 Å². The minimum absolute atomic E-state index is 0.257. The molecule has 6 heteroatoms. The van der Waals surface area contributed by atoms with Gasteiger partial charge in [0, 0.05) is 12.0 Å². The fraction of sp³-hybridized carbons (Fsp3) is 0.286. The lowest BCUT2D eigenvalue weighted by atomic mass is 10.0. The first-order valence-corrected chi connectivity index (χ1v) is 8.56. The number of esters is 1. The van der Waals surface area contributed by atoms with Crippen LogP contribution in [0.3, 0.4) is 0 Å². The highest BCUT2D eigenvalue weighted by Gasteiger charge is 2.23. The number of aryl methyl sites for hydroxylation is 2. The number of rotatable bonds is 7. The molecule has 1 atom stereocenters. The van der Waals surface area contributed by atoms with Gasteiger partial charge < -0.3 is 14.8 Å². The van der Waals surface area contributed by atoms with E-state index < -0.39 is 24.7 Å². The molecule has 0 saturated heterocycles. The normalized spacial score (nSPS) is 11.4. The van der Waals surface area contributed by atoms with Gasteiger partial charge in [-0.15, -0.1) is 0 Å². The van der Waals surface area contributed by atoms with Crippen molar-refractivity contribution in [1.82, 2.24) is 5.32 Å². The minimum Gasteiger partial charge on any atom is -0.467 e. The average molecular weight is 369 g/mol. The molecule has 1 N–H and O–H groups in total. The Balaban J connectivity index is 1.96. The molecular weight excluding hydrogens is 346 g/mol. The molecule has 0 saturated carbocycles. The van der Waals surface area contributed by atoms with E-state index in [1.54, 1.807) is 6.07 Å². The summed E-state index contributed by atoms with van der Waals surface area (Å²) in [6.45, 7) is 3.30. The van der Waals surface area contributed by atoms with Crippen LogP contribution in [0.25, 0.3) is 0 Å². The van der Waals surface area contributed by atoms with Crippen LogP contribution in [0.15, 0.2) is 48.5 Å². The number of Topliss-reactive ketones (excluding diaryl/α,β-unsaturated/α-hetero) is 1. The van der Waals surface area contributed by atoms with E-state index in [1.807, 2.05) is 56.3 Å². The van der Waals surface area contributed by atoms with Crippen molar-refractivity contribution >= 4 is 17.8 Å². The van der Waals surface area contributed by atoms with Crippen LogP contribution in [-0.4, -0.2) is 37.6 Å². The van der Waals surface area contributed by atoms with Gasteiger partial charge in [0.15, 0.2) is 6.61 Å². The molecule has 0 fully saturated rings. The first-order chi connectivity index (χ1) is 12.9. The monoisotopic (exact) mass is 369 g/mol. The topological polar surface area (TPSA) is 81.7 Å².